The minimum absolute atomic E-state index is 0.0929. The highest BCUT2D eigenvalue weighted by Gasteiger charge is 2.41. The first-order valence-electron chi connectivity index (χ1n) is 6.47. The van der Waals surface area contributed by atoms with Crippen LogP contribution >= 0.6 is 0 Å². The highest BCUT2D eigenvalue weighted by atomic mass is 32.2. The molecule has 2 fully saturated rings. The molecule has 1 aliphatic heterocycles. The number of hydrogen-bond acceptors (Lipinski definition) is 4. The van der Waals surface area contributed by atoms with Gasteiger partial charge in [0.2, 0.25) is 10.0 Å². The Morgan fingerprint density at radius 2 is 2.24 bits per heavy atom. The predicted octanol–water partition coefficient (Wildman–Crippen LogP) is 0.179. The number of nitrogens with one attached hydrogen (secondary N) is 1. The van der Waals surface area contributed by atoms with Crippen LogP contribution < -0.4 is 5.32 Å². The second-order valence-corrected chi connectivity index (χ2v) is 6.73. The van der Waals surface area contributed by atoms with Crippen molar-refractivity contribution in [1.29, 1.82) is 0 Å². The first-order chi connectivity index (χ1) is 8.15. The monoisotopic (exact) mass is 262 g/mol. The van der Waals surface area contributed by atoms with Gasteiger partial charge in [0, 0.05) is 13.1 Å². The van der Waals surface area contributed by atoms with Gasteiger partial charge in [0.1, 0.15) is 0 Å². The largest absolute Gasteiger partial charge is 0.375 e. The minimum atomic E-state index is -3.12. The van der Waals surface area contributed by atoms with E-state index < -0.39 is 10.0 Å². The van der Waals surface area contributed by atoms with E-state index in [2.05, 4.69) is 5.32 Å². The number of sulfonamides is 1. The molecule has 2 unspecified atom stereocenters. The SMILES string of the molecule is CCNCCS(=O)(=O)N1CCOC2CCCC21. The van der Waals surface area contributed by atoms with Crippen molar-refractivity contribution in [2.75, 3.05) is 32.0 Å². The molecule has 17 heavy (non-hydrogen) atoms. The highest BCUT2D eigenvalue weighted by Crippen LogP contribution is 2.31. The van der Waals surface area contributed by atoms with Crippen molar-refractivity contribution in [3.63, 3.8) is 0 Å². The molecule has 5 nitrogen and oxygen atoms in total. The summed E-state index contributed by atoms with van der Waals surface area (Å²) in [6.45, 7) is 4.39. The lowest BCUT2D eigenvalue weighted by atomic mass is 10.2. The molecule has 0 aromatic heterocycles. The van der Waals surface area contributed by atoms with Crippen LogP contribution in [0.25, 0.3) is 0 Å². The first-order valence-corrected chi connectivity index (χ1v) is 8.08. The Labute approximate surface area is 104 Å². The van der Waals surface area contributed by atoms with Crippen LogP contribution in [0.2, 0.25) is 0 Å². The van der Waals surface area contributed by atoms with E-state index >= 15 is 0 Å². The van der Waals surface area contributed by atoms with Gasteiger partial charge < -0.3 is 10.1 Å². The van der Waals surface area contributed by atoms with Crippen molar-refractivity contribution in [1.82, 2.24) is 9.62 Å². The maximum atomic E-state index is 12.2. The molecule has 0 aromatic rings. The Bertz CT molecular complexity index is 345. The molecule has 0 amide bonds. The van der Waals surface area contributed by atoms with Gasteiger partial charge in [-0.3, -0.25) is 0 Å². The molecule has 1 saturated carbocycles. The summed E-state index contributed by atoms with van der Waals surface area (Å²) in [5, 5.41) is 3.07. The van der Waals surface area contributed by atoms with Crippen molar-refractivity contribution in [3.8, 4) is 0 Å². The zero-order valence-electron chi connectivity index (χ0n) is 10.4. The van der Waals surface area contributed by atoms with Crippen molar-refractivity contribution < 1.29 is 13.2 Å². The lowest BCUT2D eigenvalue weighted by Gasteiger charge is -2.36. The third-order valence-corrected chi connectivity index (χ3v) is 5.46. The molecular formula is C11H22N2O3S. The number of morpholine rings is 1. The van der Waals surface area contributed by atoms with Gasteiger partial charge in [-0.25, -0.2) is 8.42 Å². The maximum Gasteiger partial charge on any atom is 0.215 e. The third-order valence-electron chi connectivity index (χ3n) is 3.58. The van der Waals surface area contributed by atoms with Crippen LogP contribution in [-0.2, 0) is 14.8 Å². The van der Waals surface area contributed by atoms with E-state index in [0.29, 0.717) is 19.7 Å². The zero-order chi connectivity index (χ0) is 12.3. The van der Waals surface area contributed by atoms with Gasteiger partial charge in [0.25, 0.3) is 0 Å². The van der Waals surface area contributed by atoms with Crippen LogP contribution in [0.3, 0.4) is 0 Å². The minimum Gasteiger partial charge on any atom is -0.375 e. The summed E-state index contributed by atoms with van der Waals surface area (Å²) in [4.78, 5) is 0. The molecule has 6 heteroatoms. The van der Waals surface area contributed by atoms with Crippen LogP contribution in [0.4, 0.5) is 0 Å². The quantitative estimate of drug-likeness (QED) is 0.718. The van der Waals surface area contributed by atoms with Gasteiger partial charge in [-0.15, -0.1) is 0 Å². The Morgan fingerprint density at radius 3 is 3.00 bits per heavy atom. The average molecular weight is 262 g/mol. The van der Waals surface area contributed by atoms with E-state index in [4.69, 9.17) is 4.74 Å². The maximum absolute atomic E-state index is 12.2. The van der Waals surface area contributed by atoms with Gasteiger partial charge in [-0.2, -0.15) is 4.31 Å². The van der Waals surface area contributed by atoms with Gasteiger partial charge >= 0.3 is 0 Å². The molecule has 2 atom stereocenters. The molecule has 1 heterocycles. The third kappa shape index (κ3) is 2.99. The lowest BCUT2D eigenvalue weighted by Crippen LogP contribution is -2.52. The summed E-state index contributed by atoms with van der Waals surface area (Å²) in [6, 6.07) is 0.0929. The normalized spacial score (nSPS) is 30.4. The molecule has 100 valence electrons. The summed E-state index contributed by atoms with van der Waals surface area (Å²) < 4.78 is 31.8. The van der Waals surface area contributed by atoms with Crippen LogP contribution in [0.15, 0.2) is 0 Å². The van der Waals surface area contributed by atoms with E-state index in [1.807, 2.05) is 6.92 Å². The summed E-state index contributed by atoms with van der Waals surface area (Å²) in [6.07, 6.45) is 3.17. The molecule has 2 rings (SSSR count). The highest BCUT2D eigenvalue weighted by molar-refractivity contribution is 7.89. The topological polar surface area (TPSA) is 58.6 Å². The molecule has 0 radical (unpaired) electrons. The number of nitrogens with zero attached hydrogens (tertiary/aromatic N) is 1. The summed E-state index contributed by atoms with van der Waals surface area (Å²) in [7, 11) is -3.12. The Balaban J connectivity index is 1.99. The molecule has 2 aliphatic rings. The van der Waals surface area contributed by atoms with Crippen LogP contribution in [-0.4, -0.2) is 56.9 Å². The molecule has 0 aromatic carbocycles. The number of fused-ring (bicyclic) bond motifs is 1. The van der Waals surface area contributed by atoms with Crippen LogP contribution in [0, 0.1) is 0 Å². The van der Waals surface area contributed by atoms with Gasteiger partial charge in [-0.1, -0.05) is 6.92 Å². The fourth-order valence-corrected chi connectivity index (χ4v) is 4.37. The molecule has 1 aliphatic carbocycles. The predicted molar refractivity (Wildman–Crippen MR) is 66.4 cm³/mol. The van der Waals surface area contributed by atoms with Gasteiger partial charge in [0.15, 0.2) is 0 Å². The van der Waals surface area contributed by atoms with Crippen LogP contribution in [0.1, 0.15) is 26.2 Å². The number of ether oxygens (including phenoxy) is 1. The summed E-state index contributed by atoms with van der Waals surface area (Å²) in [5.41, 5.74) is 0. The second-order valence-electron chi connectivity index (χ2n) is 4.69. The van der Waals surface area contributed by atoms with Gasteiger partial charge in [-0.05, 0) is 25.8 Å². The van der Waals surface area contributed by atoms with E-state index in [0.717, 1.165) is 25.8 Å². The van der Waals surface area contributed by atoms with Crippen molar-refractivity contribution in [3.05, 3.63) is 0 Å². The van der Waals surface area contributed by atoms with E-state index in [1.54, 1.807) is 4.31 Å². The average Bonchev–Trinajstić information content (AvgIpc) is 2.76. The van der Waals surface area contributed by atoms with Crippen molar-refractivity contribution in [2.24, 2.45) is 0 Å². The Hall–Kier alpha value is -0.170. The van der Waals surface area contributed by atoms with Crippen LogP contribution in [0.5, 0.6) is 0 Å². The molecule has 0 bridgehead atoms. The standard InChI is InChI=1S/C11H22N2O3S/c1-2-12-6-9-17(14,15)13-7-8-16-11-5-3-4-10(11)13/h10-12H,2-9H2,1H3. The van der Waals surface area contributed by atoms with E-state index in [-0.39, 0.29) is 17.9 Å². The van der Waals surface area contributed by atoms with E-state index in [1.165, 1.54) is 0 Å². The lowest BCUT2D eigenvalue weighted by molar-refractivity contribution is -0.0241. The first kappa shape index (κ1) is 13.3. The second kappa shape index (κ2) is 5.65. The Kier molecular flexibility index (Phi) is 4.41. The smallest absolute Gasteiger partial charge is 0.215 e. The van der Waals surface area contributed by atoms with Crippen molar-refractivity contribution >= 4 is 10.0 Å². The summed E-state index contributed by atoms with van der Waals surface area (Å²) >= 11 is 0. The fraction of sp³-hybridized carbons (Fsp3) is 1.00. The molecule has 0 spiro atoms. The van der Waals surface area contributed by atoms with E-state index in [9.17, 15) is 8.42 Å². The zero-order valence-corrected chi connectivity index (χ0v) is 11.2. The Morgan fingerprint density at radius 1 is 1.41 bits per heavy atom. The van der Waals surface area contributed by atoms with Gasteiger partial charge in [0.05, 0.1) is 24.5 Å². The molecule has 1 saturated heterocycles. The summed E-state index contributed by atoms with van der Waals surface area (Å²) in [5.74, 6) is 0.198. The fourth-order valence-electron chi connectivity index (χ4n) is 2.73. The molecule has 1 N–H and O–H groups in total. The number of hydrogen-bond donors (Lipinski definition) is 1. The number of rotatable bonds is 5. The van der Waals surface area contributed by atoms with Crippen molar-refractivity contribution in [2.45, 2.75) is 38.3 Å². The molecular weight excluding hydrogens is 240 g/mol.